The highest BCUT2D eigenvalue weighted by Gasteiger charge is 2.32. The maximum atomic E-state index is 13.3. The molecule has 0 spiro atoms. The van der Waals surface area contributed by atoms with Crippen LogP contribution in [0.4, 0.5) is 17.6 Å². The van der Waals surface area contributed by atoms with Gasteiger partial charge in [-0.25, -0.2) is 4.39 Å². The lowest BCUT2D eigenvalue weighted by Crippen LogP contribution is -2.29. The van der Waals surface area contributed by atoms with Gasteiger partial charge < -0.3 is 14.3 Å². The predicted octanol–water partition coefficient (Wildman–Crippen LogP) is 2.63. The molecule has 0 unspecified atom stereocenters. The third-order valence-electron chi connectivity index (χ3n) is 1.88. The summed E-state index contributed by atoms with van der Waals surface area (Å²) in [6.07, 6.45) is -5.01. The van der Waals surface area contributed by atoms with Crippen molar-refractivity contribution >= 4 is 7.32 Å². The Kier molecular flexibility index (Phi) is 4.58. The summed E-state index contributed by atoms with van der Waals surface area (Å²) in [6.45, 7) is 3.21. The van der Waals surface area contributed by atoms with Crippen LogP contribution < -0.4 is 4.65 Å². The van der Waals surface area contributed by atoms with E-state index in [1.54, 1.807) is 13.8 Å². The quantitative estimate of drug-likeness (QED) is 0.672. The molecule has 0 aromatic heterocycles. The second kappa shape index (κ2) is 5.58. The molecule has 0 aliphatic heterocycles. The fourth-order valence-electron chi connectivity index (χ4n) is 1.14. The molecule has 1 rings (SSSR count). The first-order valence-corrected chi connectivity index (χ1v) is 5.07. The Balaban J connectivity index is 2.80. The van der Waals surface area contributed by atoms with Gasteiger partial charge in [-0.05, 0) is 32.0 Å². The molecule has 8 heteroatoms. The first kappa shape index (κ1) is 14.8. The molecule has 1 aromatic rings. The number of hydrogen-bond acceptors (Lipinski definition) is 3. The molecule has 0 aliphatic carbocycles. The minimum atomic E-state index is -4.63. The van der Waals surface area contributed by atoms with E-state index in [9.17, 15) is 22.6 Å². The van der Waals surface area contributed by atoms with Crippen LogP contribution in [-0.4, -0.2) is 18.4 Å². The predicted molar refractivity (Wildman–Crippen MR) is 56.2 cm³/mol. The lowest BCUT2D eigenvalue weighted by atomic mass is 10.1. The molecule has 0 amide bonds. The van der Waals surface area contributed by atoms with Crippen molar-refractivity contribution in [3.8, 4) is 5.75 Å². The zero-order chi connectivity index (χ0) is 13.9. The lowest BCUT2D eigenvalue weighted by molar-refractivity contribution is -0.137. The first-order chi connectivity index (χ1) is 8.20. The SMILES string of the molecule is CC(C)OB(O)Oc1ccc(C(F)(F)F)cc1F. The normalized spacial score (nSPS) is 11.8. The molecular weight excluding hydrogens is 255 g/mol. The van der Waals surface area contributed by atoms with Crippen LogP contribution in [0.15, 0.2) is 18.2 Å². The number of hydrogen-bond donors (Lipinski definition) is 1. The van der Waals surface area contributed by atoms with E-state index in [1.165, 1.54) is 0 Å². The zero-order valence-electron chi connectivity index (χ0n) is 9.66. The molecule has 3 nitrogen and oxygen atoms in total. The molecule has 18 heavy (non-hydrogen) atoms. The molecule has 0 atom stereocenters. The largest absolute Gasteiger partial charge is 0.710 e. The maximum absolute atomic E-state index is 13.3. The number of alkyl halides is 3. The Hall–Kier alpha value is -1.28. The molecule has 100 valence electrons. The second-order valence-electron chi connectivity index (χ2n) is 3.75. The Morgan fingerprint density at radius 3 is 2.33 bits per heavy atom. The van der Waals surface area contributed by atoms with Gasteiger partial charge in [-0.1, -0.05) is 0 Å². The minimum Gasteiger partial charge on any atom is -0.509 e. The molecule has 0 saturated heterocycles. The summed E-state index contributed by atoms with van der Waals surface area (Å²) >= 11 is 0. The molecule has 0 heterocycles. The summed E-state index contributed by atoms with van der Waals surface area (Å²) in [5.41, 5.74) is -1.13. The van der Waals surface area contributed by atoms with Gasteiger partial charge in [-0.2, -0.15) is 13.2 Å². The fraction of sp³-hybridized carbons (Fsp3) is 0.400. The molecule has 0 fully saturated rings. The van der Waals surface area contributed by atoms with Crippen LogP contribution in [-0.2, 0) is 10.8 Å². The smallest absolute Gasteiger partial charge is 0.509 e. The Labute approximate surface area is 102 Å². The van der Waals surface area contributed by atoms with E-state index in [2.05, 4.69) is 4.65 Å². The van der Waals surface area contributed by atoms with Crippen LogP contribution in [0.2, 0.25) is 0 Å². The number of rotatable bonds is 4. The van der Waals surface area contributed by atoms with Crippen molar-refractivity contribution in [3.05, 3.63) is 29.6 Å². The molecule has 0 radical (unpaired) electrons. The van der Waals surface area contributed by atoms with Crippen molar-refractivity contribution in [1.29, 1.82) is 0 Å². The van der Waals surface area contributed by atoms with Gasteiger partial charge in [0.25, 0.3) is 0 Å². The maximum Gasteiger partial charge on any atom is 0.710 e. The van der Waals surface area contributed by atoms with Crippen molar-refractivity contribution in [1.82, 2.24) is 0 Å². The second-order valence-corrected chi connectivity index (χ2v) is 3.75. The van der Waals surface area contributed by atoms with Crippen LogP contribution in [0.25, 0.3) is 0 Å². The van der Waals surface area contributed by atoms with E-state index >= 15 is 0 Å². The third-order valence-corrected chi connectivity index (χ3v) is 1.88. The third kappa shape index (κ3) is 4.19. The summed E-state index contributed by atoms with van der Waals surface area (Å²) in [5.74, 6) is -1.74. The lowest BCUT2D eigenvalue weighted by Gasteiger charge is -2.14. The number of benzene rings is 1. The van der Waals surface area contributed by atoms with E-state index in [-0.39, 0.29) is 12.2 Å². The summed E-state index contributed by atoms with van der Waals surface area (Å²) in [4.78, 5) is 0. The van der Waals surface area contributed by atoms with Crippen LogP contribution >= 0.6 is 0 Å². The molecule has 0 saturated carbocycles. The van der Waals surface area contributed by atoms with Crippen molar-refractivity contribution in [3.63, 3.8) is 0 Å². The average Bonchev–Trinajstić information content (AvgIpc) is 2.18. The van der Waals surface area contributed by atoms with Crippen LogP contribution in [0.5, 0.6) is 5.75 Å². The first-order valence-electron chi connectivity index (χ1n) is 5.07. The van der Waals surface area contributed by atoms with Crippen LogP contribution in [0, 0.1) is 5.82 Å². The minimum absolute atomic E-state index is 0.289. The van der Waals surface area contributed by atoms with Crippen molar-refractivity contribution in [2.75, 3.05) is 0 Å². The van der Waals surface area contributed by atoms with Gasteiger partial charge >= 0.3 is 13.5 Å². The van der Waals surface area contributed by atoms with E-state index in [4.69, 9.17) is 4.65 Å². The van der Waals surface area contributed by atoms with Crippen molar-refractivity contribution in [2.45, 2.75) is 26.1 Å². The Morgan fingerprint density at radius 2 is 1.89 bits per heavy atom. The van der Waals surface area contributed by atoms with Gasteiger partial charge in [0.15, 0.2) is 5.82 Å². The summed E-state index contributed by atoms with van der Waals surface area (Å²) in [7, 11) is -1.74. The average molecular weight is 266 g/mol. The monoisotopic (exact) mass is 266 g/mol. The van der Waals surface area contributed by atoms with Gasteiger partial charge in [0.1, 0.15) is 5.75 Å². The Bertz CT molecular complexity index is 409. The van der Waals surface area contributed by atoms with Crippen LogP contribution in [0.3, 0.4) is 0 Å². The molecule has 1 aromatic carbocycles. The summed E-state index contributed by atoms with van der Waals surface area (Å²) in [5, 5.41) is 9.19. The van der Waals surface area contributed by atoms with Crippen molar-refractivity contribution < 1.29 is 31.9 Å². The van der Waals surface area contributed by atoms with E-state index in [1.807, 2.05) is 0 Å². The number of halogens is 4. The van der Waals surface area contributed by atoms with Gasteiger partial charge in [-0.3, -0.25) is 0 Å². The summed E-state index contributed by atoms with van der Waals surface area (Å²) in [6, 6.07) is 1.73. The highest BCUT2D eigenvalue weighted by atomic mass is 19.4. The highest BCUT2D eigenvalue weighted by molar-refractivity contribution is 6.35. The van der Waals surface area contributed by atoms with Crippen molar-refractivity contribution in [2.24, 2.45) is 0 Å². The topological polar surface area (TPSA) is 38.7 Å². The fourth-order valence-corrected chi connectivity index (χ4v) is 1.14. The standard InChI is InChI=1S/C10H11BF4O3/c1-6(2)17-11(16)18-9-4-3-7(5-8(9)12)10(13,14)15/h3-6,16H,1-2H3. The van der Waals surface area contributed by atoms with E-state index in [0.29, 0.717) is 6.07 Å². The highest BCUT2D eigenvalue weighted by Crippen LogP contribution is 2.31. The zero-order valence-corrected chi connectivity index (χ0v) is 9.66. The molecule has 1 N–H and O–H groups in total. The Morgan fingerprint density at radius 1 is 1.28 bits per heavy atom. The van der Waals surface area contributed by atoms with Gasteiger partial charge in [0.2, 0.25) is 0 Å². The van der Waals surface area contributed by atoms with E-state index in [0.717, 1.165) is 6.07 Å². The van der Waals surface area contributed by atoms with Gasteiger partial charge in [0, 0.05) is 6.10 Å². The molecule has 0 aliphatic rings. The molecule has 0 bridgehead atoms. The summed E-state index contributed by atoms with van der Waals surface area (Å²) < 4.78 is 59.4. The van der Waals surface area contributed by atoms with Gasteiger partial charge in [-0.15, -0.1) is 0 Å². The van der Waals surface area contributed by atoms with E-state index < -0.39 is 30.6 Å². The van der Waals surface area contributed by atoms with Crippen LogP contribution in [0.1, 0.15) is 19.4 Å². The molecular formula is C10H11BF4O3. The van der Waals surface area contributed by atoms with Gasteiger partial charge in [0.05, 0.1) is 5.56 Å².